The number of carboxylic acids is 1. The second kappa shape index (κ2) is 4.58. The molecule has 0 radical (unpaired) electrons. The van der Waals surface area contributed by atoms with E-state index in [1.165, 1.54) is 26.0 Å². The quantitative estimate of drug-likeness (QED) is 0.902. The molecule has 0 saturated heterocycles. The molecule has 0 amide bonds. The molecule has 4 heteroatoms. The number of rotatable bonds is 3. The number of benzene rings is 1. The molecule has 1 aromatic carbocycles. The van der Waals surface area contributed by atoms with Gasteiger partial charge in [0.05, 0.1) is 5.41 Å². The molecule has 1 N–H and O–H groups in total. The summed E-state index contributed by atoms with van der Waals surface area (Å²) in [6, 6.07) is 4.20. The highest BCUT2D eigenvalue weighted by Gasteiger charge is 2.46. The van der Waals surface area contributed by atoms with Gasteiger partial charge in [-0.15, -0.1) is 0 Å². The fourth-order valence-corrected chi connectivity index (χ4v) is 3.10. The lowest BCUT2D eigenvalue weighted by atomic mass is 9.74. The maximum atomic E-state index is 14.3. The van der Waals surface area contributed by atoms with Crippen LogP contribution in [0.1, 0.15) is 50.7 Å². The molecule has 0 spiro atoms. The van der Waals surface area contributed by atoms with E-state index in [1.54, 1.807) is 6.07 Å². The number of hydrogen-bond donors (Lipinski definition) is 1. The van der Waals surface area contributed by atoms with Gasteiger partial charge in [-0.05, 0) is 38.3 Å². The summed E-state index contributed by atoms with van der Waals surface area (Å²) in [5.41, 5.74) is -2.85. The Morgan fingerprint density at radius 3 is 2.37 bits per heavy atom. The van der Waals surface area contributed by atoms with Gasteiger partial charge in [0.1, 0.15) is 11.5 Å². The van der Waals surface area contributed by atoms with Crippen molar-refractivity contribution < 1.29 is 18.7 Å². The van der Waals surface area contributed by atoms with Gasteiger partial charge in [0.15, 0.2) is 0 Å². The van der Waals surface area contributed by atoms with Crippen molar-refractivity contribution in [1.29, 1.82) is 0 Å². The Kier molecular flexibility index (Phi) is 3.37. The van der Waals surface area contributed by atoms with Crippen molar-refractivity contribution in [2.75, 3.05) is 0 Å². The molecule has 1 fully saturated rings. The second-order valence-electron chi connectivity index (χ2n) is 5.73. The number of hydrogen-bond acceptors (Lipinski definition) is 1. The van der Waals surface area contributed by atoms with E-state index < -0.39 is 22.9 Å². The molecule has 104 valence electrons. The van der Waals surface area contributed by atoms with Crippen LogP contribution >= 0.6 is 0 Å². The number of carboxylic acid groups (broad SMARTS) is 1. The third kappa shape index (κ3) is 2.24. The Morgan fingerprint density at radius 2 is 1.89 bits per heavy atom. The monoisotopic (exact) mass is 268 g/mol. The first-order chi connectivity index (χ1) is 8.79. The minimum Gasteiger partial charge on any atom is -0.481 e. The van der Waals surface area contributed by atoms with E-state index in [1.807, 2.05) is 0 Å². The Hall–Kier alpha value is -1.45. The fourth-order valence-electron chi connectivity index (χ4n) is 3.10. The molecule has 19 heavy (non-hydrogen) atoms. The molecular weight excluding hydrogens is 250 g/mol. The molecule has 0 atom stereocenters. The van der Waals surface area contributed by atoms with E-state index in [4.69, 9.17) is 0 Å². The van der Waals surface area contributed by atoms with Crippen LogP contribution in [0.15, 0.2) is 18.2 Å². The molecule has 1 aliphatic carbocycles. The van der Waals surface area contributed by atoms with E-state index in [0.29, 0.717) is 18.4 Å². The number of halogens is 2. The second-order valence-corrected chi connectivity index (χ2v) is 5.73. The number of aliphatic carboxylic acids is 1. The summed E-state index contributed by atoms with van der Waals surface area (Å²) in [7, 11) is 0. The minimum absolute atomic E-state index is 0.112. The van der Waals surface area contributed by atoms with Gasteiger partial charge in [0, 0.05) is 5.56 Å². The van der Waals surface area contributed by atoms with Gasteiger partial charge >= 0.3 is 5.97 Å². The van der Waals surface area contributed by atoms with E-state index in [9.17, 15) is 18.7 Å². The molecule has 0 unspecified atom stereocenters. The number of alkyl halides is 1. The molecule has 2 rings (SSSR count). The maximum absolute atomic E-state index is 14.3. The Bertz CT molecular complexity index is 497. The van der Waals surface area contributed by atoms with Crippen molar-refractivity contribution in [2.45, 2.75) is 50.6 Å². The zero-order chi connectivity index (χ0) is 14.3. The Balaban J connectivity index is 2.68. The van der Waals surface area contributed by atoms with Crippen LogP contribution in [0.2, 0.25) is 0 Å². The van der Waals surface area contributed by atoms with Gasteiger partial charge in [-0.25, -0.2) is 8.78 Å². The van der Waals surface area contributed by atoms with Crippen LogP contribution in [0.5, 0.6) is 0 Å². The lowest BCUT2D eigenvalue weighted by molar-refractivity contribution is -0.143. The SMILES string of the molecule is CC(C)(F)c1c(F)cccc1C1(C(=O)O)CCCC1. The smallest absolute Gasteiger partial charge is 0.314 e. The van der Waals surface area contributed by atoms with Gasteiger partial charge in [0.2, 0.25) is 0 Å². The zero-order valence-electron chi connectivity index (χ0n) is 11.2. The summed E-state index contributed by atoms with van der Waals surface area (Å²) in [5, 5.41) is 9.55. The van der Waals surface area contributed by atoms with Crippen molar-refractivity contribution >= 4 is 5.97 Å². The largest absolute Gasteiger partial charge is 0.481 e. The van der Waals surface area contributed by atoms with E-state index in [0.717, 1.165) is 12.8 Å². The lowest BCUT2D eigenvalue weighted by Gasteiger charge is -2.30. The summed E-state index contributed by atoms with van der Waals surface area (Å²) in [6.07, 6.45) is 2.42. The van der Waals surface area contributed by atoms with Gasteiger partial charge in [-0.1, -0.05) is 25.0 Å². The third-order valence-electron chi connectivity index (χ3n) is 3.99. The summed E-state index contributed by atoms with van der Waals surface area (Å²) in [4.78, 5) is 11.7. The van der Waals surface area contributed by atoms with Crippen molar-refractivity contribution in [3.63, 3.8) is 0 Å². The van der Waals surface area contributed by atoms with Gasteiger partial charge in [-0.3, -0.25) is 4.79 Å². The van der Waals surface area contributed by atoms with Crippen molar-refractivity contribution in [3.8, 4) is 0 Å². The van der Waals surface area contributed by atoms with Crippen molar-refractivity contribution in [2.24, 2.45) is 0 Å². The molecule has 1 aliphatic rings. The third-order valence-corrected chi connectivity index (χ3v) is 3.99. The van der Waals surface area contributed by atoms with Crippen molar-refractivity contribution in [3.05, 3.63) is 35.1 Å². The Labute approximate surface area is 111 Å². The first-order valence-electron chi connectivity index (χ1n) is 6.51. The van der Waals surface area contributed by atoms with Crippen LogP contribution in [0, 0.1) is 5.82 Å². The summed E-state index contributed by atoms with van der Waals surface area (Å²) in [6.45, 7) is 2.53. The zero-order valence-corrected chi connectivity index (χ0v) is 11.2. The normalized spacial score (nSPS) is 18.5. The lowest BCUT2D eigenvalue weighted by Crippen LogP contribution is -2.35. The van der Waals surface area contributed by atoms with Crippen LogP contribution in [0.4, 0.5) is 8.78 Å². The summed E-state index contributed by atoms with van der Waals surface area (Å²) < 4.78 is 28.3. The number of carbonyl (C=O) groups is 1. The highest BCUT2D eigenvalue weighted by atomic mass is 19.1. The van der Waals surface area contributed by atoms with Gasteiger partial charge < -0.3 is 5.11 Å². The van der Waals surface area contributed by atoms with E-state index in [-0.39, 0.29) is 5.56 Å². The first-order valence-corrected chi connectivity index (χ1v) is 6.51. The first kappa shape index (κ1) is 14.0. The van der Waals surface area contributed by atoms with Gasteiger partial charge in [0.25, 0.3) is 0 Å². The minimum atomic E-state index is -1.90. The summed E-state index contributed by atoms with van der Waals surface area (Å²) >= 11 is 0. The molecule has 1 saturated carbocycles. The molecule has 0 heterocycles. The molecular formula is C15H18F2O2. The average molecular weight is 268 g/mol. The van der Waals surface area contributed by atoms with Crippen LogP contribution in [-0.2, 0) is 15.9 Å². The molecule has 2 nitrogen and oxygen atoms in total. The van der Waals surface area contributed by atoms with Gasteiger partial charge in [-0.2, -0.15) is 0 Å². The molecule has 0 aliphatic heterocycles. The van der Waals surface area contributed by atoms with Crippen LogP contribution in [-0.4, -0.2) is 11.1 Å². The molecule has 0 aromatic heterocycles. The van der Waals surface area contributed by atoms with Crippen LogP contribution in [0.25, 0.3) is 0 Å². The summed E-state index contributed by atoms with van der Waals surface area (Å²) in [5.74, 6) is -1.65. The van der Waals surface area contributed by atoms with E-state index >= 15 is 0 Å². The molecule has 0 bridgehead atoms. The Morgan fingerprint density at radius 1 is 1.32 bits per heavy atom. The van der Waals surface area contributed by atoms with Crippen LogP contribution < -0.4 is 0 Å². The topological polar surface area (TPSA) is 37.3 Å². The molecule has 1 aromatic rings. The predicted octanol–water partition coefficient (Wildman–Crippen LogP) is 3.93. The van der Waals surface area contributed by atoms with Crippen LogP contribution in [0.3, 0.4) is 0 Å². The predicted molar refractivity (Wildman–Crippen MR) is 68.3 cm³/mol. The van der Waals surface area contributed by atoms with Crippen molar-refractivity contribution in [1.82, 2.24) is 0 Å². The van der Waals surface area contributed by atoms with E-state index in [2.05, 4.69) is 0 Å². The highest BCUT2D eigenvalue weighted by molar-refractivity contribution is 5.82. The average Bonchev–Trinajstić information content (AvgIpc) is 2.76. The highest BCUT2D eigenvalue weighted by Crippen LogP contribution is 2.46. The standard InChI is InChI=1S/C15H18F2O2/c1-14(2,17)12-10(6-5-7-11(12)16)15(13(18)19)8-3-4-9-15/h5-7H,3-4,8-9H2,1-2H3,(H,18,19). The maximum Gasteiger partial charge on any atom is 0.314 e. The fraction of sp³-hybridized carbons (Fsp3) is 0.533.